The van der Waals surface area contributed by atoms with Crippen LogP contribution in [-0.4, -0.2) is 34.5 Å². The fraction of sp³-hybridized carbons (Fsp3) is 0.333. The lowest BCUT2D eigenvalue weighted by Crippen LogP contribution is -2.39. The Hall–Kier alpha value is -2.64. The van der Waals surface area contributed by atoms with Crippen molar-refractivity contribution in [2.45, 2.75) is 19.9 Å². The van der Waals surface area contributed by atoms with Crippen LogP contribution in [0.5, 0.6) is 0 Å². The highest BCUT2D eigenvalue weighted by atomic mass is 16.6. The number of benzene rings is 1. The molecule has 0 aliphatic carbocycles. The van der Waals surface area contributed by atoms with Crippen LogP contribution in [0, 0.1) is 10.1 Å². The molecule has 1 aromatic rings. The van der Waals surface area contributed by atoms with E-state index >= 15 is 0 Å². The predicted octanol–water partition coefficient (Wildman–Crippen LogP) is 0.993. The first-order chi connectivity index (χ1) is 9.23. The summed E-state index contributed by atoms with van der Waals surface area (Å²) in [5.74, 6) is -1.86. The van der Waals surface area contributed by atoms with Gasteiger partial charge in [0.2, 0.25) is 5.91 Å². The molecule has 8 nitrogen and oxygen atoms in total. The summed E-state index contributed by atoms with van der Waals surface area (Å²) in [6, 6.07) is 3.16. The molecular formula is C12H15N3O5. The van der Waals surface area contributed by atoms with E-state index in [-0.39, 0.29) is 29.5 Å². The van der Waals surface area contributed by atoms with Gasteiger partial charge in [0, 0.05) is 12.1 Å². The third-order valence-electron chi connectivity index (χ3n) is 2.68. The number of nitro groups is 1. The molecule has 20 heavy (non-hydrogen) atoms. The molecule has 3 N–H and O–H groups in total. The summed E-state index contributed by atoms with van der Waals surface area (Å²) in [5, 5.41) is 20.0. The first kappa shape index (κ1) is 15.4. The normalized spacial score (nSPS) is 10.3. The first-order valence-corrected chi connectivity index (χ1v) is 5.80. The van der Waals surface area contributed by atoms with Gasteiger partial charge in [-0.1, -0.05) is 0 Å². The highest BCUT2D eigenvalue weighted by molar-refractivity contribution is 5.91. The van der Waals surface area contributed by atoms with Gasteiger partial charge in [0.25, 0.3) is 5.69 Å². The van der Waals surface area contributed by atoms with Crippen LogP contribution in [0.4, 0.5) is 11.4 Å². The topological polar surface area (TPSA) is 127 Å². The third-order valence-corrected chi connectivity index (χ3v) is 2.68. The van der Waals surface area contributed by atoms with Gasteiger partial charge in [-0.3, -0.25) is 14.9 Å². The largest absolute Gasteiger partial charge is 0.478 e. The molecule has 0 unspecified atom stereocenters. The zero-order valence-corrected chi connectivity index (χ0v) is 11.1. The summed E-state index contributed by atoms with van der Waals surface area (Å²) >= 11 is 0. The summed E-state index contributed by atoms with van der Waals surface area (Å²) in [6.07, 6.45) is 0. The van der Waals surface area contributed by atoms with E-state index < -0.39 is 16.8 Å². The molecule has 0 aliphatic heterocycles. The highest BCUT2D eigenvalue weighted by Crippen LogP contribution is 2.30. The van der Waals surface area contributed by atoms with Crippen molar-refractivity contribution in [3.8, 4) is 0 Å². The van der Waals surface area contributed by atoms with Gasteiger partial charge in [-0.2, -0.15) is 0 Å². The fourth-order valence-electron chi connectivity index (χ4n) is 1.75. The van der Waals surface area contributed by atoms with Crippen molar-refractivity contribution >= 4 is 23.3 Å². The Morgan fingerprint density at radius 2 is 2.05 bits per heavy atom. The molecule has 0 aromatic heterocycles. The van der Waals surface area contributed by atoms with Crippen LogP contribution in [0.3, 0.4) is 0 Å². The SMILES string of the molecule is CC(C)N(CC(N)=O)c1cc(C(=O)O)ccc1[N+](=O)[O-]. The smallest absolute Gasteiger partial charge is 0.335 e. The molecule has 0 heterocycles. The van der Waals surface area contributed by atoms with E-state index in [0.29, 0.717) is 0 Å². The fourth-order valence-corrected chi connectivity index (χ4v) is 1.75. The number of nitrogens with zero attached hydrogens (tertiary/aromatic N) is 2. The average molecular weight is 281 g/mol. The number of anilines is 1. The Morgan fingerprint density at radius 1 is 1.45 bits per heavy atom. The number of carboxylic acid groups (broad SMARTS) is 1. The van der Waals surface area contributed by atoms with E-state index in [1.165, 1.54) is 11.0 Å². The number of amides is 1. The predicted molar refractivity (Wildman–Crippen MR) is 71.7 cm³/mol. The van der Waals surface area contributed by atoms with Crippen LogP contribution in [0.2, 0.25) is 0 Å². The first-order valence-electron chi connectivity index (χ1n) is 5.80. The lowest BCUT2D eigenvalue weighted by atomic mass is 10.1. The summed E-state index contributed by atoms with van der Waals surface area (Å²) in [4.78, 5) is 33.8. The van der Waals surface area contributed by atoms with Crippen LogP contribution in [0.1, 0.15) is 24.2 Å². The van der Waals surface area contributed by atoms with Gasteiger partial charge in [-0.15, -0.1) is 0 Å². The molecule has 0 radical (unpaired) electrons. The van der Waals surface area contributed by atoms with E-state index in [9.17, 15) is 19.7 Å². The van der Waals surface area contributed by atoms with Gasteiger partial charge < -0.3 is 15.7 Å². The maximum Gasteiger partial charge on any atom is 0.335 e. The number of nitro benzene ring substituents is 1. The summed E-state index contributed by atoms with van der Waals surface area (Å²) in [7, 11) is 0. The second kappa shape index (κ2) is 6.00. The van der Waals surface area contributed by atoms with E-state index in [0.717, 1.165) is 12.1 Å². The van der Waals surface area contributed by atoms with Gasteiger partial charge in [0.05, 0.1) is 17.0 Å². The summed E-state index contributed by atoms with van der Waals surface area (Å²) < 4.78 is 0. The number of carbonyl (C=O) groups excluding carboxylic acids is 1. The summed E-state index contributed by atoms with van der Waals surface area (Å²) in [5.41, 5.74) is 4.81. The van der Waals surface area contributed by atoms with Crippen molar-refractivity contribution in [3.05, 3.63) is 33.9 Å². The average Bonchev–Trinajstić information content (AvgIpc) is 2.34. The van der Waals surface area contributed by atoms with Crippen molar-refractivity contribution in [1.29, 1.82) is 0 Å². The zero-order chi connectivity index (χ0) is 15.4. The number of nitrogens with two attached hydrogens (primary N) is 1. The molecule has 1 aromatic carbocycles. The molecule has 0 saturated carbocycles. The van der Waals surface area contributed by atoms with Gasteiger partial charge in [-0.05, 0) is 26.0 Å². The Morgan fingerprint density at radius 3 is 2.45 bits per heavy atom. The van der Waals surface area contributed by atoms with Crippen LogP contribution < -0.4 is 10.6 Å². The maximum atomic E-state index is 11.1. The number of carboxylic acids is 1. The molecule has 0 bridgehead atoms. The highest BCUT2D eigenvalue weighted by Gasteiger charge is 2.24. The molecule has 1 rings (SSSR count). The monoisotopic (exact) mass is 281 g/mol. The molecule has 0 fully saturated rings. The molecule has 8 heteroatoms. The van der Waals surface area contributed by atoms with Gasteiger partial charge >= 0.3 is 5.97 Å². The molecular weight excluding hydrogens is 266 g/mol. The minimum atomic E-state index is -1.20. The van der Waals surface area contributed by atoms with Crippen molar-refractivity contribution in [2.75, 3.05) is 11.4 Å². The lowest BCUT2D eigenvalue weighted by Gasteiger charge is -2.27. The number of aromatic carboxylic acids is 1. The van der Waals surface area contributed by atoms with Gasteiger partial charge in [0.1, 0.15) is 5.69 Å². The molecule has 0 aliphatic rings. The second-order valence-corrected chi connectivity index (χ2v) is 4.45. The Kier molecular flexibility index (Phi) is 4.63. The molecule has 0 atom stereocenters. The number of hydrogen-bond acceptors (Lipinski definition) is 5. The minimum absolute atomic E-state index is 0.0590. The number of hydrogen-bond donors (Lipinski definition) is 2. The van der Waals surface area contributed by atoms with Gasteiger partial charge in [-0.25, -0.2) is 4.79 Å². The van der Waals surface area contributed by atoms with Crippen molar-refractivity contribution in [2.24, 2.45) is 5.73 Å². The van der Waals surface area contributed by atoms with Crippen LogP contribution >= 0.6 is 0 Å². The van der Waals surface area contributed by atoms with Crippen molar-refractivity contribution in [3.63, 3.8) is 0 Å². The minimum Gasteiger partial charge on any atom is -0.478 e. The number of rotatable bonds is 6. The van der Waals surface area contributed by atoms with E-state index in [4.69, 9.17) is 10.8 Å². The van der Waals surface area contributed by atoms with Crippen LogP contribution in [0.25, 0.3) is 0 Å². The van der Waals surface area contributed by atoms with Gasteiger partial charge in [0.15, 0.2) is 0 Å². The molecule has 108 valence electrons. The maximum absolute atomic E-state index is 11.1. The van der Waals surface area contributed by atoms with E-state index in [2.05, 4.69) is 0 Å². The Bertz CT molecular complexity index is 556. The standard InChI is InChI=1S/C12H15N3O5/c1-7(2)14(6-11(13)16)10-5-8(12(17)18)3-4-9(10)15(19)20/h3-5,7H,6H2,1-2H3,(H2,13,16)(H,17,18). The van der Waals surface area contributed by atoms with Crippen molar-refractivity contribution in [1.82, 2.24) is 0 Å². The van der Waals surface area contributed by atoms with Crippen LogP contribution in [-0.2, 0) is 4.79 Å². The number of primary amides is 1. The Labute approximate surface area is 114 Å². The number of carbonyl (C=O) groups is 2. The quantitative estimate of drug-likeness (QED) is 0.591. The Balaban J connectivity index is 3.42. The van der Waals surface area contributed by atoms with E-state index in [1.807, 2.05) is 0 Å². The third kappa shape index (κ3) is 3.44. The van der Waals surface area contributed by atoms with Crippen LogP contribution in [0.15, 0.2) is 18.2 Å². The molecule has 1 amide bonds. The van der Waals surface area contributed by atoms with E-state index in [1.54, 1.807) is 13.8 Å². The van der Waals surface area contributed by atoms with Crippen molar-refractivity contribution < 1.29 is 19.6 Å². The summed E-state index contributed by atoms with van der Waals surface area (Å²) in [6.45, 7) is 3.21. The molecule has 0 saturated heterocycles. The zero-order valence-electron chi connectivity index (χ0n) is 11.1. The second-order valence-electron chi connectivity index (χ2n) is 4.45. The lowest BCUT2D eigenvalue weighted by molar-refractivity contribution is -0.384. The molecule has 0 spiro atoms.